The first-order valence-corrected chi connectivity index (χ1v) is 14.5. The van der Waals surface area contributed by atoms with Crippen LogP contribution in [0.1, 0.15) is 48.8 Å². The third-order valence-electron chi connectivity index (χ3n) is 7.65. The highest BCUT2D eigenvalue weighted by Crippen LogP contribution is 2.34. The minimum Gasteiger partial charge on any atom is -0.497 e. The molecule has 2 aliphatic rings. The summed E-state index contributed by atoms with van der Waals surface area (Å²) in [4.78, 5) is 14.7. The number of aliphatic hydroxyl groups is 1. The molecule has 1 amide bonds. The first-order chi connectivity index (χ1) is 18.0. The number of amides is 1. The van der Waals surface area contributed by atoms with Crippen molar-refractivity contribution in [1.82, 2.24) is 9.21 Å². The van der Waals surface area contributed by atoms with Gasteiger partial charge in [-0.3, -0.25) is 4.79 Å². The van der Waals surface area contributed by atoms with Gasteiger partial charge in [-0.25, -0.2) is 12.8 Å². The third kappa shape index (κ3) is 6.03. The van der Waals surface area contributed by atoms with E-state index in [0.717, 1.165) is 12.8 Å². The summed E-state index contributed by atoms with van der Waals surface area (Å²) in [6.45, 7) is 4.56. The Hall–Kier alpha value is -2.53. The standard InChI is InChI=1S/C28H37FN2O6S/c1-20-15-25(36-3)16-21(2)27(20)38(34,35)31-12-5-4-9-24(31)18-37-19-26(32)30-13-10-28(33,11-14-30)22-7-6-8-23(29)17-22/h6-8,15-17,24,33H,4-5,9-14,18-19H2,1-3H3. The lowest BCUT2D eigenvalue weighted by Gasteiger charge is -2.38. The minimum absolute atomic E-state index is 0.125. The molecule has 2 fully saturated rings. The van der Waals surface area contributed by atoms with E-state index in [1.807, 2.05) is 0 Å². The molecule has 0 spiro atoms. The van der Waals surface area contributed by atoms with Gasteiger partial charge in [-0.2, -0.15) is 4.31 Å². The van der Waals surface area contributed by atoms with E-state index in [-0.39, 0.29) is 25.2 Å². The minimum atomic E-state index is -3.76. The SMILES string of the molecule is COc1cc(C)c(S(=O)(=O)N2CCCCC2COCC(=O)N2CCC(O)(c3cccc(F)c3)CC2)c(C)c1. The van der Waals surface area contributed by atoms with Gasteiger partial charge >= 0.3 is 0 Å². The van der Waals surface area contributed by atoms with E-state index < -0.39 is 21.4 Å². The molecule has 0 aliphatic carbocycles. The molecule has 0 bridgehead atoms. The second-order valence-corrected chi connectivity index (χ2v) is 12.1. The Balaban J connectivity index is 1.35. The lowest BCUT2D eigenvalue weighted by Crippen LogP contribution is -2.48. The fourth-order valence-electron chi connectivity index (χ4n) is 5.58. The lowest BCUT2D eigenvalue weighted by atomic mass is 9.84. The average molecular weight is 549 g/mol. The maximum absolute atomic E-state index is 13.7. The van der Waals surface area contributed by atoms with Gasteiger partial charge in [-0.1, -0.05) is 18.6 Å². The zero-order valence-electron chi connectivity index (χ0n) is 22.3. The van der Waals surface area contributed by atoms with Crippen LogP contribution < -0.4 is 4.74 Å². The summed E-state index contributed by atoms with van der Waals surface area (Å²) < 4.78 is 53.6. The van der Waals surface area contributed by atoms with Crippen LogP contribution in [-0.4, -0.2) is 74.6 Å². The predicted molar refractivity (Wildman–Crippen MR) is 141 cm³/mol. The molecule has 0 radical (unpaired) electrons. The number of nitrogens with zero attached hydrogens (tertiary/aromatic N) is 2. The van der Waals surface area contributed by atoms with Crippen LogP contribution in [0.4, 0.5) is 4.39 Å². The van der Waals surface area contributed by atoms with Crippen molar-refractivity contribution in [2.24, 2.45) is 0 Å². The number of carbonyl (C=O) groups excluding carboxylic acids is 1. The molecule has 2 heterocycles. The molecule has 38 heavy (non-hydrogen) atoms. The van der Waals surface area contributed by atoms with Gasteiger partial charge in [0.15, 0.2) is 0 Å². The first kappa shape index (κ1) is 28.5. The molecule has 1 unspecified atom stereocenters. The summed E-state index contributed by atoms with van der Waals surface area (Å²) in [5, 5.41) is 11.0. The van der Waals surface area contributed by atoms with Gasteiger partial charge in [0.1, 0.15) is 18.2 Å². The molecule has 0 aromatic heterocycles. The zero-order valence-corrected chi connectivity index (χ0v) is 23.1. The molecule has 10 heteroatoms. The van der Waals surface area contributed by atoms with Gasteiger partial charge in [0.2, 0.25) is 15.9 Å². The molecule has 208 valence electrons. The number of rotatable bonds is 8. The number of halogens is 1. The van der Waals surface area contributed by atoms with E-state index in [4.69, 9.17) is 9.47 Å². The predicted octanol–water partition coefficient (Wildman–Crippen LogP) is 3.52. The number of hydrogen-bond acceptors (Lipinski definition) is 6. The molecule has 2 aromatic carbocycles. The molecule has 2 aliphatic heterocycles. The molecule has 1 N–H and O–H groups in total. The van der Waals surface area contributed by atoms with Gasteiger partial charge in [0, 0.05) is 25.7 Å². The summed E-state index contributed by atoms with van der Waals surface area (Å²) in [6, 6.07) is 9.02. The Morgan fingerprint density at radius 1 is 1.11 bits per heavy atom. The number of likely N-dealkylation sites (tertiary alicyclic amines) is 1. The molecule has 1 atom stereocenters. The van der Waals surface area contributed by atoms with Crippen molar-refractivity contribution in [2.75, 3.05) is 40.0 Å². The smallest absolute Gasteiger partial charge is 0.248 e. The maximum Gasteiger partial charge on any atom is 0.248 e. The second-order valence-electron chi connectivity index (χ2n) is 10.3. The van der Waals surface area contributed by atoms with Crippen molar-refractivity contribution >= 4 is 15.9 Å². The Kier molecular flexibility index (Phi) is 8.76. The first-order valence-electron chi connectivity index (χ1n) is 13.1. The van der Waals surface area contributed by atoms with Crippen LogP contribution in [0.5, 0.6) is 5.75 Å². The molecule has 8 nitrogen and oxygen atoms in total. The second kappa shape index (κ2) is 11.7. The van der Waals surface area contributed by atoms with Crippen LogP contribution in [0, 0.1) is 19.7 Å². The van der Waals surface area contributed by atoms with Crippen LogP contribution in [0.25, 0.3) is 0 Å². The van der Waals surface area contributed by atoms with Crippen LogP contribution >= 0.6 is 0 Å². The fraction of sp³-hybridized carbons (Fsp3) is 0.536. The van der Waals surface area contributed by atoms with E-state index in [1.54, 1.807) is 50.1 Å². The average Bonchev–Trinajstić information content (AvgIpc) is 2.88. The van der Waals surface area contributed by atoms with Crippen molar-refractivity contribution in [3.05, 3.63) is 58.9 Å². The Labute approximate surface area is 224 Å². The monoisotopic (exact) mass is 548 g/mol. The summed E-state index contributed by atoms with van der Waals surface area (Å²) >= 11 is 0. The van der Waals surface area contributed by atoms with Crippen LogP contribution in [-0.2, 0) is 25.2 Å². The molecular formula is C28H37FN2O6S. The van der Waals surface area contributed by atoms with E-state index in [0.29, 0.717) is 66.2 Å². The normalized spacial score (nSPS) is 20.3. The van der Waals surface area contributed by atoms with E-state index in [2.05, 4.69) is 0 Å². The number of piperidine rings is 2. The maximum atomic E-state index is 13.7. The van der Waals surface area contributed by atoms with Crippen LogP contribution in [0.15, 0.2) is 41.3 Å². The zero-order chi connectivity index (χ0) is 27.5. The number of benzene rings is 2. The molecule has 2 saturated heterocycles. The van der Waals surface area contributed by atoms with E-state index >= 15 is 0 Å². The quantitative estimate of drug-likeness (QED) is 0.542. The highest BCUT2D eigenvalue weighted by molar-refractivity contribution is 7.89. The number of carbonyl (C=O) groups is 1. The van der Waals surface area contributed by atoms with Gasteiger partial charge in [-0.15, -0.1) is 0 Å². The summed E-state index contributed by atoms with van der Waals surface area (Å²) in [6.07, 6.45) is 2.92. The number of ether oxygens (including phenoxy) is 2. The van der Waals surface area contributed by atoms with Crippen molar-refractivity contribution < 1.29 is 32.2 Å². The molecular weight excluding hydrogens is 511 g/mol. The van der Waals surface area contributed by atoms with Gasteiger partial charge in [-0.05, 0) is 80.5 Å². The van der Waals surface area contributed by atoms with Crippen molar-refractivity contribution in [3.63, 3.8) is 0 Å². The summed E-state index contributed by atoms with van der Waals surface area (Å²) in [7, 11) is -2.21. The van der Waals surface area contributed by atoms with E-state index in [1.165, 1.54) is 16.4 Å². The lowest BCUT2D eigenvalue weighted by molar-refractivity contribution is -0.141. The highest BCUT2D eigenvalue weighted by atomic mass is 32.2. The number of sulfonamides is 1. The number of hydrogen-bond donors (Lipinski definition) is 1. The molecule has 0 saturated carbocycles. The van der Waals surface area contributed by atoms with Crippen molar-refractivity contribution in [2.45, 2.75) is 62.5 Å². The van der Waals surface area contributed by atoms with Crippen LogP contribution in [0.3, 0.4) is 0 Å². The van der Waals surface area contributed by atoms with Gasteiger partial charge < -0.3 is 19.5 Å². The topological polar surface area (TPSA) is 96.4 Å². The Morgan fingerprint density at radius 2 is 1.79 bits per heavy atom. The fourth-order valence-corrected chi connectivity index (χ4v) is 7.67. The molecule has 2 aromatic rings. The van der Waals surface area contributed by atoms with Crippen molar-refractivity contribution in [1.29, 1.82) is 0 Å². The summed E-state index contributed by atoms with van der Waals surface area (Å²) in [5.74, 6) is 0.000315. The highest BCUT2D eigenvalue weighted by Gasteiger charge is 2.37. The third-order valence-corrected chi connectivity index (χ3v) is 9.91. The number of aryl methyl sites for hydroxylation is 2. The Bertz CT molecular complexity index is 1240. The van der Waals surface area contributed by atoms with Gasteiger partial charge in [0.25, 0.3) is 0 Å². The van der Waals surface area contributed by atoms with Crippen molar-refractivity contribution in [3.8, 4) is 5.75 Å². The molecule has 4 rings (SSSR count). The summed E-state index contributed by atoms with van der Waals surface area (Å²) in [5.41, 5.74) is 0.604. The van der Waals surface area contributed by atoms with Gasteiger partial charge in [0.05, 0.1) is 24.2 Å². The largest absolute Gasteiger partial charge is 0.497 e. The Morgan fingerprint density at radius 3 is 2.42 bits per heavy atom. The number of methoxy groups -OCH3 is 1. The van der Waals surface area contributed by atoms with Crippen LogP contribution in [0.2, 0.25) is 0 Å². The van der Waals surface area contributed by atoms with E-state index in [9.17, 15) is 22.7 Å².